The van der Waals surface area contributed by atoms with E-state index in [4.69, 9.17) is 16.0 Å². The fourth-order valence-electron chi connectivity index (χ4n) is 3.23. The van der Waals surface area contributed by atoms with Crippen LogP contribution >= 0.6 is 11.6 Å². The van der Waals surface area contributed by atoms with Gasteiger partial charge in [-0.25, -0.2) is 4.79 Å². The zero-order chi connectivity index (χ0) is 19.5. The van der Waals surface area contributed by atoms with Gasteiger partial charge in [-0.15, -0.1) is 0 Å². The third kappa shape index (κ3) is 2.82. The van der Waals surface area contributed by atoms with Gasteiger partial charge in [0.1, 0.15) is 6.20 Å². The van der Waals surface area contributed by atoms with Gasteiger partial charge in [0.2, 0.25) is 0 Å². The van der Waals surface area contributed by atoms with E-state index in [0.717, 1.165) is 11.3 Å². The quantitative estimate of drug-likeness (QED) is 0.743. The van der Waals surface area contributed by atoms with Crippen LogP contribution in [0.15, 0.2) is 39.9 Å². The van der Waals surface area contributed by atoms with Crippen molar-refractivity contribution in [2.45, 2.75) is 38.8 Å². The first-order valence-corrected chi connectivity index (χ1v) is 9.02. The SMILES string of the molecule is CN1C(=O)N(Cc2cccc(Cl)c2)C(=O)C2C1=Nc1oc(C(C)(C)C)c[n+]12. The number of carbonyl (C=O) groups is 2. The Morgan fingerprint density at radius 2 is 2.04 bits per heavy atom. The molecular weight excluding hydrogens is 368 g/mol. The first-order chi connectivity index (χ1) is 12.7. The maximum Gasteiger partial charge on any atom is 0.506 e. The van der Waals surface area contributed by atoms with Crippen LogP contribution in [-0.2, 0) is 16.8 Å². The molecule has 0 N–H and O–H groups in total. The van der Waals surface area contributed by atoms with Gasteiger partial charge in [-0.1, -0.05) is 44.5 Å². The van der Waals surface area contributed by atoms with Crippen LogP contribution in [-0.4, -0.2) is 34.6 Å². The van der Waals surface area contributed by atoms with E-state index in [-0.39, 0.29) is 17.9 Å². The zero-order valence-corrected chi connectivity index (χ0v) is 16.3. The monoisotopic (exact) mass is 387 g/mol. The average molecular weight is 388 g/mol. The lowest BCUT2D eigenvalue weighted by Crippen LogP contribution is -2.62. The van der Waals surface area contributed by atoms with Crippen LogP contribution in [0.3, 0.4) is 0 Å². The molecule has 8 heteroatoms. The van der Waals surface area contributed by atoms with Crippen molar-refractivity contribution < 1.29 is 18.6 Å². The second kappa shape index (κ2) is 5.92. The minimum absolute atomic E-state index is 0.145. The van der Waals surface area contributed by atoms with E-state index >= 15 is 0 Å². The van der Waals surface area contributed by atoms with Crippen molar-refractivity contribution in [2.75, 3.05) is 7.05 Å². The molecule has 2 aliphatic rings. The Bertz CT molecular complexity index is 989. The molecule has 4 rings (SSSR count). The number of urea groups is 1. The lowest BCUT2D eigenvalue weighted by Gasteiger charge is -2.32. The number of rotatable bonds is 2. The summed E-state index contributed by atoms with van der Waals surface area (Å²) < 4.78 is 7.53. The molecule has 0 saturated carbocycles. The predicted molar refractivity (Wildman–Crippen MR) is 98.9 cm³/mol. The molecule has 0 spiro atoms. The van der Waals surface area contributed by atoms with Gasteiger partial charge in [-0.2, -0.15) is 4.57 Å². The maximum absolute atomic E-state index is 13.2. The van der Waals surface area contributed by atoms with Crippen LogP contribution in [0.5, 0.6) is 0 Å². The van der Waals surface area contributed by atoms with Gasteiger partial charge in [0, 0.05) is 22.5 Å². The number of amides is 3. The number of imide groups is 1. The first kappa shape index (κ1) is 17.7. The summed E-state index contributed by atoms with van der Waals surface area (Å²) in [7, 11) is 1.61. The molecule has 0 radical (unpaired) electrons. The van der Waals surface area contributed by atoms with Crippen molar-refractivity contribution in [1.82, 2.24) is 9.80 Å². The third-order valence-corrected chi connectivity index (χ3v) is 4.98. The summed E-state index contributed by atoms with van der Waals surface area (Å²) in [5.41, 5.74) is 0.566. The summed E-state index contributed by atoms with van der Waals surface area (Å²) in [6.07, 6.45) is 1.80. The number of amidine groups is 1. The van der Waals surface area contributed by atoms with E-state index in [1.165, 1.54) is 9.80 Å². The van der Waals surface area contributed by atoms with Crippen LogP contribution in [0.4, 0.5) is 10.8 Å². The van der Waals surface area contributed by atoms with E-state index in [9.17, 15) is 9.59 Å². The summed E-state index contributed by atoms with van der Waals surface area (Å²) in [5, 5.41) is 0.558. The predicted octanol–water partition coefficient (Wildman–Crippen LogP) is 3.20. The van der Waals surface area contributed by atoms with Gasteiger partial charge in [0.25, 0.3) is 17.8 Å². The summed E-state index contributed by atoms with van der Waals surface area (Å²) in [6, 6.07) is 6.32. The molecule has 0 aliphatic carbocycles. The number of hydrogen-bond donors (Lipinski definition) is 0. The van der Waals surface area contributed by atoms with Gasteiger partial charge in [0.05, 0.1) is 6.54 Å². The van der Waals surface area contributed by atoms with Crippen LogP contribution in [0.1, 0.15) is 38.1 Å². The van der Waals surface area contributed by atoms with Crippen LogP contribution < -0.4 is 4.57 Å². The van der Waals surface area contributed by atoms with E-state index < -0.39 is 12.1 Å². The van der Waals surface area contributed by atoms with Gasteiger partial charge in [0.15, 0.2) is 5.76 Å². The van der Waals surface area contributed by atoms with Gasteiger partial charge < -0.3 is 4.42 Å². The summed E-state index contributed by atoms with van der Waals surface area (Å²) in [6.45, 7) is 6.22. The fraction of sp³-hybridized carbons (Fsp3) is 0.368. The molecule has 140 valence electrons. The summed E-state index contributed by atoms with van der Waals surface area (Å²) in [4.78, 5) is 32.9. The molecule has 3 amide bonds. The molecule has 1 fully saturated rings. The Morgan fingerprint density at radius 1 is 1.30 bits per heavy atom. The normalized spacial score (nSPS) is 19.3. The smallest absolute Gasteiger partial charge is 0.389 e. The first-order valence-electron chi connectivity index (χ1n) is 8.64. The fourth-order valence-corrected chi connectivity index (χ4v) is 3.44. The van der Waals surface area contributed by atoms with E-state index in [1.807, 2.05) is 26.8 Å². The standard InChI is InChI=1S/C19H20ClN4O3/c1-19(2,3)13-10-23-14-15(21-17(23)27-13)22(4)18(26)24(16(14)25)9-11-6-5-7-12(20)8-11/h5-8,10,14H,9H2,1-4H3/q+1. The summed E-state index contributed by atoms with van der Waals surface area (Å²) in [5.74, 6) is 0.780. The van der Waals surface area contributed by atoms with Crippen LogP contribution in [0.2, 0.25) is 5.02 Å². The number of aliphatic imine (C=N–C) groups is 1. The number of carbonyl (C=O) groups excluding carboxylic acids is 2. The largest absolute Gasteiger partial charge is 0.506 e. The highest BCUT2D eigenvalue weighted by Crippen LogP contribution is 2.33. The number of fused-ring (bicyclic) bond motifs is 3. The Balaban J connectivity index is 1.71. The number of nitrogens with zero attached hydrogens (tertiary/aromatic N) is 4. The molecule has 1 aromatic carbocycles. The number of halogens is 1. The lowest BCUT2D eigenvalue weighted by molar-refractivity contribution is -0.679. The van der Waals surface area contributed by atoms with Gasteiger partial charge >= 0.3 is 12.0 Å². The Labute approximate surface area is 161 Å². The molecule has 7 nitrogen and oxygen atoms in total. The highest BCUT2D eigenvalue weighted by atomic mass is 35.5. The molecule has 1 aromatic heterocycles. The number of aromatic nitrogens is 1. The number of likely N-dealkylation sites (N-methyl/N-ethyl adjacent to an activating group) is 1. The Kier molecular flexibility index (Phi) is 3.89. The van der Waals surface area contributed by atoms with Crippen molar-refractivity contribution in [3.05, 3.63) is 46.8 Å². The van der Waals surface area contributed by atoms with E-state index in [1.54, 1.807) is 36.0 Å². The molecule has 1 atom stereocenters. The number of benzene rings is 1. The number of oxazole rings is 1. The molecule has 2 aromatic rings. The van der Waals surface area contributed by atoms with Gasteiger partial charge in [-0.3, -0.25) is 14.6 Å². The van der Waals surface area contributed by atoms with Crippen molar-refractivity contribution in [1.29, 1.82) is 0 Å². The van der Waals surface area contributed by atoms with E-state index in [2.05, 4.69) is 4.99 Å². The molecule has 1 saturated heterocycles. The van der Waals surface area contributed by atoms with Crippen molar-refractivity contribution >= 4 is 35.4 Å². The van der Waals surface area contributed by atoms with Crippen molar-refractivity contribution in [3.8, 4) is 0 Å². The number of hydrogen-bond acceptors (Lipinski definition) is 4. The van der Waals surface area contributed by atoms with Crippen molar-refractivity contribution in [3.63, 3.8) is 0 Å². The molecule has 27 heavy (non-hydrogen) atoms. The van der Waals surface area contributed by atoms with E-state index in [0.29, 0.717) is 16.9 Å². The summed E-state index contributed by atoms with van der Waals surface area (Å²) >= 11 is 6.03. The molecule has 1 unspecified atom stereocenters. The second-order valence-electron chi connectivity index (χ2n) is 7.80. The topological polar surface area (TPSA) is 70.0 Å². The molecule has 0 bridgehead atoms. The molecule has 3 heterocycles. The molecule has 2 aliphatic heterocycles. The molecular formula is C19H20ClN4O3+. The van der Waals surface area contributed by atoms with Gasteiger partial charge in [-0.05, 0) is 17.7 Å². The lowest BCUT2D eigenvalue weighted by atomic mass is 9.94. The average Bonchev–Trinajstić information content (AvgIpc) is 3.14. The highest BCUT2D eigenvalue weighted by Gasteiger charge is 2.55. The Hall–Kier alpha value is -2.67. The van der Waals surface area contributed by atoms with Crippen molar-refractivity contribution in [2.24, 2.45) is 4.99 Å². The highest BCUT2D eigenvalue weighted by molar-refractivity contribution is 6.30. The minimum Gasteiger partial charge on any atom is -0.389 e. The maximum atomic E-state index is 13.2. The Morgan fingerprint density at radius 3 is 2.70 bits per heavy atom. The van der Waals surface area contributed by atoms with Crippen LogP contribution in [0, 0.1) is 0 Å². The van der Waals surface area contributed by atoms with Crippen LogP contribution in [0.25, 0.3) is 0 Å². The second-order valence-corrected chi connectivity index (χ2v) is 8.24. The third-order valence-electron chi connectivity index (χ3n) is 4.74. The minimum atomic E-state index is -0.707. The zero-order valence-electron chi connectivity index (χ0n) is 15.6.